The molecule has 0 saturated heterocycles. The third kappa shape index (κ3) is 2.20. The number of hydrogen-bond donors (Lipinski definition) is 2. The van der Waals surface area contributed by atoms with E-state index in [0.29, 0.717) is 0 Å². The summed E-state index contributed by atoms with van der Waals surface area (Å²) < 4.78 is 1.92. The van der Waals surface area contributed by atoms with Gasteiger partial charge in [0.25, 0.3) is 0 Å². The molecular weight excluding hydrogens is 230 g/mol. The van der Waals surface area contributed by atoms with Crippen LogP contribution < -0.4 is 5.73 Å². The summed E-state index contributed by atoms with van der Waals surface area (Å²) in [5, 5.41) is 8.93. The quantitative estimate of drug-likeness (QED) is 0.808. The number of imidazole rings is 1. The third-order valence-electron chi connectivity index (χ3n) is 2.73. The number of aromatic nitrogens is 2. The fourth-order valence-corrected chi connectivity index (χ4v) is 1.87. The lowest BCUT2D eigenvalue weighted by atomic mass is 10.1. The van der Waals surface area contributed by atoms with Gasteiger partial charge >= 0.3 is 5.97 Å². The maximum Gasteiger partial charge on any atom is 0.337 e. The van der Waals surface area contributed by atoms with E-state index in [1.807, 2.05) is 10.8 Å². The molecule has 0 saturated carbocycles. The lowest BCUT2D eigenvalue weighted by Crippen LogP contribution is -2.05. The van der Waals surface area contributed by atoms with Crippen molar-refractivity contribution in [1.29, 1.82) is 0 Å². The molecule has 0 radical (unpaired) electrons. The van der Waals surface area contributed by atoms with Gasteiger partial charge in [-0.15, -0.1) is 0 Å². The molecule has 3 N–H and O–H groups in total. The third-order valence-corrected chi connectivity index (χ3v) is 2.73. The second-order valence-electron chi connectivity index (χ2n) is 4.04. The Hall–Kier alpha value is -2.30. The first-order valence-corrected chi connectivity index (χ1v) is 5.79. The Bertz CT molecular complexity index is 575. The summed E-state index contributed by atoms with van der Waals surface area (Å²) >= 11 is 0. The summed E-state index contributed by atoms with van der Waals surface area (Å²) in [4.78, 5) is 15.2. The summed E-state index contributed by atoms with van der Waals surface area (Å²) in [6.07, 6.45) is 5.44. The van der Waals surface area contributed by atoms with Crippen molar-refractivity contribution in [3.05, 3.63) is 42.0 Å². The van der Waals surface area contributed by atoms with E-state index in [-0.39, 0.29) is 11.3 Å². The van der Waals surface area contributed by atoms with Crippen LogP contribution in [0, 0.1) is 0 Å². The molecule has 1 aromatic carbocycles. The lowest BCUT2D eigenvalue weighted by Gasteiger charge is -2.09. The molecule has 5 nitrogen and oxygen atoms in total. The van der Waals surface area contributed by atoms with Gasteiger partial charge in [0.2, 0.25) is 0 Å². The number of nitrogens with two attached hydrogens (primary N) is 1. The number of carboxylic acids is 1. The van der Waals surface area contributed by atoms with E-state index in [1.54, 1.807) is 18.3 Å². The minimum Gasteiger partial charge on any atom is -0.478 e. The molecule has 1 heterocycles. The van der Waals surface area contributed by atoms with Crippen LogP contribution in [0.3, 0.4) is 0 Å². The van der Waals surface area contributed by atoms with Crippen LogP contribution >= 0.6 is 0 Å². The Balaban J connectivity index is 2.42. The minimum absolute atomic E-state index is 0.121. The van der Waals surface area contributed by atoms with Crippen LogP contribution in [0.2, 0.25) is 0 Å². The van der Waals surface area contributed by atoms with Gasteiger partial charge < -0.3 is 15.4 Å². The average molecular weight is 245 g/mol. The van der Waals surface area contributed by atoms with E-state index in [9.17, 15) is 4.79 Å². The zero-order chi connectivity index (χ0) is 13.1. The highest BCUT2D eigenvalue weighted by Crippen LogP contribution is 2.19. The summed E-state index contributed by atoms with van der Waals surface area (Å²) in [6, 6.07) is 4.91. The van der Waals surface area contributed by atoms with Gasteiger partial charge in [-0.3, -0.25) is 0 Å². The molecule has 1 aromatic heterocycles. The Labute approximate surface area is 105 Å². The summed E-state index contributed by atoms with van der Waals surface area (Å²) in [6.45, 7) is 2.08. The number of aromatic carboxylic acids is 1. The molecule has 0 spiro atoms. The zero-order valence-corrected chi connectivity index (χ0v) is 10.1. The van der Waals surface area contributed by atoms with Gasteiger partial charge in [-0.25, -0.2) is 9.78 Å². The van der Waals surface area contributed by atoms with Gasteiger partial charge in [-0.05, 0) is 24.6 Å². The molecule has 0 amide bonds. The van der Waals surface area contributed by atoms with Gasteiger partial charge in [-0.2, -0.15) is 0 Å². The normalized spacial score (nSPS) is 10.5. The standard InChI is InChI=1S/C13H15N3O2/c1-2-3-12-15-6-7-16(12)9-4-5-10(13(17)18)11(14)8-9/h4-8H,2-3,14H2,1H3,(H,17,18). The molecule has 0 bridgehead atoms. The molecular formula is C13H15N3O2. The number of hydrogen-bond acceptors (Lipinski definition) is 3. The summed E-state index contributed by atoms with van der Waals surface area (Å²) in [7, 11) is 0. The highest BCUT2D eigenvalue weighted by Gasteiger charge is 2.10. The Kier molecular flexibility index (Phi) is 3.32. The molecule has 5 heteroatoms. The van der Waals surface area contributed by atoms with Crippen LogP contribution in [0.5, 0.6) is 0 Å². The fraction of sp³-hybridized carbons (Fsp3) is 0.231. The maximum atomic E-state index is 10.9. The highest BCUT2D eigenvalue weighted by molar-refractivity contribution is 5.94. The van der Waals surface area contributed by atoms with Gasteiger partial charge in [0.05, 0.1) is 5.56 Å². The van der Waals surface area contributed by atoms with Gasteiger partial charge in [0.15, 0.2) is 0 Å². The van der Waals surface area contributed by atoms with E-state index in [4.69, 9.17) is 10.8 Å². The number of nitrogens with zero attached hydrogens (tertiary/aromatic N) is 2. The van der Waals surface area contributed by atoms with Crippen LogP contribution in [0.4, 0.5) is 5.69 Å². The molecule has 0 aliphatic carbocycles. The van der Waals surface area contributed by atoms with Crippen LogP contribution in [0.1, 0.15) is 29.5 Å². The van der Waals surface area contributed by atoms with Crippen LogP contribution in [0.25, 0.3) is 5.69 Å². The van der Waals surface area contributed by atoms with E-state index < -0.39 is 5.97 Å². The predicted octanol–water partition coefficient (Wildman–Crippen LogP) is 2.11. The van der Waals surface area contributed by atoms with Crippen molar-refractivity contribution in [1.82, 2.24) is 9.55 Å². The fourth-order valence-electron chi connectivity index (χ4n) is 1.87. The monoisotopic (exact) mass is 245 g/mol. The van der Waals surface area contributed by atoms with Gasteiger partial charge in [-0.1, -0.05) is 6.92 Å². The van der Waals surface area contributed by atoms with Gasteiger partial charge in [0, 0.05) is 30.2 Å². The SMILES string of the molecule is CCCc1nccn1-c1ccc(C(=O)O)c(N)c1. The van der Waals surface area contributed by atoms with Crippen molar-refractivity contribution in [3.63, 3.8) is 0 Å². The molecule has 0 fully saturated rings. The molecule has 0 atom stereocenters. The number of aryl methyl sites for hydroxylation is 1. The number of nitrogen functional groups attached to an aromatic ring is 1. The minimum atomic E-state index is -1.02. The van der Waals surface area contributed by atoms with E-state index in [0.717, 1.165) is 24.4 Å². The first-order chi connectivity index (χ1) is 8.63. The van der Waals surface area contributed by atoms with Crippen LogP contribution in [0.15, 0.2) is 30.6 Å². The zero-order valence-electron chi connectivity index (χ0n) is 10.1. The van der Waals surface area contributed by atoms with Crippen molar-refractivity contribution in [2.75, 3.05) is 5.73 Å². The molecule has 0 aliphatic heterocycles. The summed E-state index contributed by atoms with van der Waals surface area (Å²) in [5.74, 6) is -0.0709. The largest absolute Gasteiger partial charge is 0.478 e. The van der Waals surface area contributed by atoms with Crippen molar-refractivity contribution in [3.8, 4) is 5.69 Å². The maximum absolute atomic E-state index is 10.9. The van der Waals surface area contributed by atoms with Crippen LogP contribution in [-0.4, -0.2) is 20.6 Å². The number of benzene rings is 1. The second kappa shape index (κ2) is 4.91. The van der Waals surface area contributed by atoms with E-state index in [1.165, 1.54) is 6.07 Å². The Morgan fingerprint density at radius 2 is 2.28 bits per heavy atom. The van der Waals surface area contributed by atoms with Gasteiger partial charge in [0.1, 0.15) is 5.82 Å². The van der Waals surface area contributed by atoms with E-state index >= 15 is 0 Å². The Morgan fingerprint density at radius 3 is 2.89 bits per heavy atom. The van der Waals surface area contributed by atoms with Crippen molar-refractivity contribution in [2.45, 2.75) is 19.8 Å². The van der Waals surface area contributed by atoms with Crippen molar-refractivity contribution in [2.24, 2.45) is 0 Å². The topological polar surface area (TPSA) is 81.1 Å². The lowest BCUT2D eigenvalue weighted by molar-refractivity contribution is 0.0698. The molecule has 2 rings (SSSR count). The van der Waals surface area contributed by atoms with E-state index in [2.05, 4.69) is 11.9 Å². The average Bonchev–Trinajstić information content (AvgIpc) is 2.77. The van der Waals surface area contributed by atoms with Crippen LogP contribution in [-0.2, 0) is 6.42 Å². The highest BCUT2D eigenvalue weighted by atomic mass is 16.4. The molecule has 0 aliphatic rings. The first-order valence-electron chi connectivity index (χ1n) is 5.79. The number of carbonyl (C=O) groups is 1. The first kappa shape index (κ1) is 12.2. The van der Waals surface area contributed by atoms with Crippen molar-refractivity contribution < 1.29 is 9.90 Å². The molecule has 18 heavy (non-hydrogen) atoms. The molecule has 0 unspecified atom stereocenters. The number of rotatable bonds is 4. The number of anilines is 1. The molecule has 2 aromatic rings. The smallest absolute Gasteiger partial charge is 0.337 e. The predicted molar refractivity (Wildman–Crippen MR) is 68.9 cm³/mol. The number of carboxylic acid groups (broad SMARTS) is 1. The second-order valence-corrected chi connectivity index (χ2v) is 4.04. The summed E-state index contributed by atoms with van der Waals surface area (Å²) in [5.41, 5.74) is 6.95. The van der Waals surface area contributed by atoms with Crippen molar-refractivity contribution >= 4 is 11.7 Å². The molecule has 94 valence electrons. The Morgan fingerprint density at radius 1 is 1.50 bits per heavy atom.